The maximum atomic E-state index is 12.7. The third-order valence-corrected chi connectivity index (χ3v) is 9.82. The molecular weight excluding hydrogens is 894 g/mol. The lowest BCUT2D eigenvalue weighted by Gasteiger charge is -2.20. The summed E-state index contributed by atoms with van der Waals surface area (Å²) in [4.78, 5) is 52.8. The van der Waals surface area contributed by atoms with Crippen LogP contribution < -0.4 is 0 Å². The lowest BCUT2D eigenvalue weighted by Crippen LogP contribution is -2.30. The van der Waals surface area contributed by atoms with Gasteiger partial charge in [0.25, 0.3) is 0 Å². The third-order valence-electron chi connectivity index (χ3n) is 8.38. The molecular formula is C48H74O16P2. The number of ether oxygens (including phenoxy) is 2. The van der Waals surface area contributed by atoms with Crippen LogP contribution in [0.15, 0.2) is 134 Å². The largest absolute Gasteiger partial charge is 0.472 e. The van der Waals surface area contributed by atoms with Gasteiger partial charge in [-0.3, -0.25) is 23.2 Å². The van der Waals surface area contributed by atoms with Crippen LogP contribution in [0.2, 0.25) is 0 Å². The summed E-state index contributed by atoms with van der Waals surface area (Å²) < 4.78 is 47.5. The number of carbonyl (C=O) groups is 2. The van der Waals surface area contributed by atoms with E-state index in [0.29, 0.717) is 19.3 Å². The summed E-state index contributed by atoms with van der Waals surface area (Å²) in [6.45, 7) is 0.948. The minimum atomic E-state index is -4.92. The van der Waals surface area contributed by atoms with Crippen molar-refractivity contribution in [3.05, 3.63) is 134 Å². The van der Waals surface area contributed by atoms with Crippen molar-refractivity contribution >= 4 is 27.6 Å². The van der Waals surface area contributed by atoms with Crippen molar-refractivity contribution in [2.24, 2.45) is 0 Å². The fraction of sp³-hybridized carbons (Fsp3) is 0.500. The van der Waals surface area contributed by atoms with Gasteiger partial charge in [0, 0.05) is 12.8 Å². The number of hydrogen-bond acceptors (Lipinski definition) is 13. The van der Waals surface area contributed by atoms with E-state index in [1.807, 2.05) is 37.3 Å². The number of aliphatic hydroxyl groups excluding tert-OH is 4. The molecule has 0 bridgehead atoms. The van der Waals surface area contributed by atoms with E-state index in [2.05, 4.69) is 64.6 Å². The van der Waals surface area contributed by atoms with E-state index in [0.717, 1.165) is 38.5 Å². The molecule has 0 aliphatic carbocycles. The van der Waals surface area contributed by atoms with Gasteiger partial charge in [0.1, 0.15) is 12.7 Å². The first-order valence-corrected chi connectivity index (χ1v) is 25.2. The molecule has 0 rings (SSSR count). The Labute approximate surface area is 391 Å². The molecule has 0 radical (unpaired) electrons. The van der Waals surface area contributed by atoms with Gasteiger partial charge in [-0.15, -0.1) is 0 Å². The molecule has 0 spiro atoms. The number of hydrogen-bond donors (Lipinski definition) is 7. The second-order valence-electron chi connectivity index (χ2n) is 14.4. The van der Waals surface area contributed by atoms with Crippen LogP contribution >= 0.6 is 15.6 Å². The molecule has 0 aromatic carbocycles. The Balaban J connectivity index is 4.96. The van der Waals surface area contributed by atoms with Crippen molar-refractivity contribution in [3.8, 4) is 0 Å². The van der Waals surface area contributed by atoms with Crippen LogP contribution in [0.3, 0.4) is 0 Å². The maximum absolute atomic E-state index is 12.7. The van der Waals surface area contributed by atoms with Crippen LogP contribution in [0.4, 0.5) is 0 Å². The van der Waals surface area contributed by atoms with Gasteiger partial charge >= 0.3 is 27.6 Å². The van der Waals surface area contributed by atoms with E-state index in [-0.39, 0.29) is 25.7 Å². The van der Waals surface area contributed by atoms with Crippen LogP contribution in [-0.2, 0) is 41.8 Å². The predicted molar refractivity (Wildman–Crippen MR) is 257 cm³/mol. The summed E-state index contributed by atoms with van der Waals surface area (Å²) in [6.07, 6.45) is 42.6. The number of aliphatic hydroxyl groups is 4. The highest BCUT2D eigenvalue weighted by Crippen LogP contribution is 2.43. The van der Waals surface area contributed by atoms with E-state index in [4.69, 9.17) is 23.8 Å². The van der Waals surface area contributed by atoms with E-state index in [9.17, 15) is 44.0 Å². The second-order valence-corrected chi connectivity index (χ2v) is 17.1. The summed E-state index contributed by atoms with van der Waals surface area (Å²) >= 11 is 0. The van der Waals surface area contributed by atoms with Gasteiger partial charge in [-0.2, -0.15) is 0 Å². The molecule has 0 saturated heterocycles. The van der Waals surface area contributed by atoms with Crippen LogP contribution in [0.5, 0.6) is 0 Å². The average molecular weight is 969 g/mol. The number of phosphoric acid groups is 2. The van der Waals surface area contributed by atoms with Crippen molar-refractivity contribution in [2.75, 3.05) is 26.4 Å². The topological polar surface area (TPSA) is 256 Å². The second kappa shape index (κ2) is 41.3. The van der Waals surface area contributed by atoms with Crippen molar-refractivity contribution < 1.29 is 76.9 Å². The van der Waals surface area contributed by atoms with Gasteiger partial charge in [0.2, 0.25) is 0 Å². The Morgan fingerprint density at radius 2 is 1.03 bits per heavy atom. The van der Waals surface area contributed by atoms with Gasteiger partial charge in [-0.25, -0.2) is 9.13 Å². The van der Waals surface area contributed by atoms with Gasteiger partial charge in [0.05, 0.1) is 38.1 Å². The Kier molecular flexibility index (Phi) is 38.9. The molecule has 16 nitrogen and oxygen atoms in total. The minimum Gasteiger partial charge on any atom is -0.462 e. The zero-order chi connectivity index (χ0) is 49.2. The zero-order valence-corrected chi connectivity index (χ0v) is 40.1. The van der Waals surface area contributed by atoms with Crippen LogP contribution in [0, 0.1) is 0 Å². The molecule has 0 aromatic rings. The van der Waals surface area contributed by atoms with Crippen molar-refractivity contribution in [2.45, 2.75) is 128 Å². The number of allylic oxidation sites excluding steroid dienone is 19. The Hall–Kier alpha value is -3.86. The monoisotopic (exact) mass is 968 g/mol. The van der Waals surface area contributed by atoms with Crippen molar-refractivity contribution in [1.82, 2.24) is 0 Å². The molecule has 18 heteroatoms. The number of carbonyl (C=O) groups excluding carboxylic acids is 2. The maximum Gasteiger partial charge on any atom is 0.472 e. The molecule has 0 saturated carbocycles. The summed E-state index contributed by atoms with van der Waals surface area (Å²) in [7, 11) is -9.84. The molecule has 0 aliphatic heterocycles. The summed E-state index contributed by atoms with van der Waals surface area (Å²) in [5.74, 6) is -1.48. The Morgan fingerprint density at radius 3 is 1.59 bits per heavy atom. The quantitative estimate of drug-likeness (QED) is 0.0132. The van der Waals surface area contributed by atoms with Crippen molar-refractivity contribution in [3.63, 3.8) is 0 Å². The molecule has 6 atom stereocenters. The highest BCUT2D eigenvalue weighted by Gasteiger charge is 2.28. The first-order chi connectivity index (χ1) is 31.6. The predicted octanol–water partition coefficient (Wildman–Crippen LogP) is 8.36. The molecule has 372 valence electrons. The lowest BCUT2D eigenvalue weighted by atomic mass is 10.1. The fourth-order valence-electron chi connectivity index (χ4n) is 4.95. The minimum absolute atomic E-state index is 0.0387. The summed E-state index contributed by atoms with van der Waals surface area (Å²) in [6, 6.07) is 0. The highest BCUT2D eigenvalue weighted by atomic mass is 31.2. The lowest BCUT2D eigenvalue weighted by molar-refractivity contribution is -0.161. The highest BCUT2D eigenvalue weighted by molar-refractivity contribution is 7.47. The average Bonchev–Trinajstić information content (AvgIpc) is 3.27. The van der Waals surface area contributed by atoms with E-state index < -0.39 is 84.5 Å². The molecule has 1 unspecified atom stereocenters. The fourth-order valence-corrected chi connectivity index (χ4v) is 6.10. The Morgan fingerprint density at radius 1 is 0.545 bits per heavy atom. The summed E-state index contributed by atoms with van der Waals surface area (Å²) in [5.41, 5.74) is 0. The zero-order valence-electron chi connectivity index (χ0n) is 38.3. The number of rotatable bonds is 39. The molecule has 0 amide bonds. The molecule has 0 aromatic heterocycles. The van der Waals surface area contributed by atoms with Crippen LogP contribution in [0.25, 0.3) is 0 Å². The van der Waals surface area contributed by atoms with Gasteiger partial charge in [-0.05, 0) is 70.6 Å². The first-order valence-electron chi connectivity index (χ1n) is 22.2. The third kappa shape index (κ3) is 42.8. The molecule has 66 heavy (non-hydrogen) atoms. The SMILES string of the molecule is CC/C=C\C/C=C\C/C=C\C/C=C\C/C=C\C/C=C\CCC(=O)O[C@H](COC(=O)CCC[C@H](O)[C@@H](O)\C=C/C=C\C=C\C=C\[C@H](O)C/C=C\CC)COP(=O)(O)OC[C@@H](O)COP(=O)(O)O. The van der Waals surface area contributed by atoms with Crippen LogP contribution in [0.1, 0.15) is 97.3 Å². The van der Waals surface area contributed by atoms with Gasteiger partial charge < -0.3 is 44.6 Å². The number of phosphoric ester groups is 2. The first kappa shape index (κ1) is 62.1. The van der Waals surface area contributed by atoms with Gasteiger partial charge in [-0.1, -0.05) is 148 Å². The molecule has 0 fully saturated rings. The summed E-state index contributed by atoms with van der Waals surface area (Å²) in [5, 5.41) is 40.2. The van der Waals surface area contributed by atoms with E-state index in [1.165, 1.54) is 6.08 Å². The smallest absolute Gasteiger partial charge is 0.462 e. The van der Waals surface area contributed by atoms with E-state index >= 15 is 0 Å². The molecule has 0 heterocycles. The number of esters is 2. The van der Waals surface area contributed by atoms with Crippen molar-refractivity contribution in [1.29, 1.82) is 0 Å². The van der Waals surface area contributed by atoms with E-state index in [1.54, 1.807) is 48.6 Å². The molecule has 7 N–H and O–H groups in total. The normalized spacial score (nSPS) is 16.6. The standard InChI is InChI=1S/C48H74O16P2/c1-3-5-7-8-9-10-11-12-13-14-15-16-17-18-19-20-21-26-30-36-48(54)64-44(41-63-66(58,59)62-39-43(50)38-61-65(55,56)57)40-60-47(53)37-31-35-46(52)45(51)34-29-25-23-22-24-28-33-42(49)32-27-6-4-2/h5-7,9-10,12-13,15-16,18-19,21-29,33-34,42-46,49-52H,3-4,8,11,14,17,20,30-32,35-41H2,1-2H3,(H,58,59)(H2,55,56,57)/b7-5-,10-9-,13-12-,16-15-,19-18-,24-22+,25-23-,26-21-,27-6-,33-28+,34-29-/t42-,43+,44-,45+,46+/m1/s1. The van der Waals surface area contributed by atoms with Crippen LogP contribution in [-0.4, -0.2) is 104 Å². The van der Waals surface area contributed by atoms with Gasteiger partial charge in [0.15, 0.2) is 6.10 Å². The Bertz CT molecular complexity index is 1720. The molecule has 0 aliphatic rings.